The van der Waals surface area contributed by atoms with Gasteiger partial charge in [0.15, 0.2) is 0 Å². The molecule has 0 bridgehead atoms. The monoisotopic (exact) mass is 274 g/mol. The zero-order valence-electron chi connectivity index (χ0n) is 11.2. The molecule has 1 unspecified atom stereocenters. The molecule has 20 heavy (non-hydrogen) atoms. The van der Waals surface area contributed by atoms with E-state index in [1.165, 1.54) is 10.5 Å². The first-order valence-corrected chi connectivity index (χ1v) is 7.03. The Hall–Kier alpha value is -1.88. The van der Waals surface area contributed by atoms with Gasteiger partial charge in [0.1, 0.15) is 12.1 Å². The van der Waals surface area contributed by atoms with Crippen molar-refractivity contribution in [2.24, 2.45) is 0 Å². The maximum Gasteiger partial charge on any atom is 0.326 e. The van der Waals surface area contributed by atoms with E-state index >= 15 is 0 Å². The fraction of sp³-hybridized carbons (Fsp3) is 0.467. The van der Waals surface area contributed by atoms with E-state index < -0.39 is 18.1 Å². The number of hydrogen-bond acceptors (Lipinski definition) is 3. The van der Waals surface area contributed by atoms with Crippen LogP contribution in [0, 0.1) is 0 Å². The van der Waals surface area contributed by atoms with E-state index in [2.05, 4.69) is 5.32 Å². The van der Waals surface area contributed by atoms with Crippen molar-refractivity contribution >= 4 is 11.9 Å². The standard InChI is InChI=1S/C15H18N2O3/c18-14(17-9-3-6-12(17)15(19)20)13-11-5-2-1-4-10(11)7-8-16-13/h1-2,4-5,12-13,16H,3,6-9H2,(H,19,20)/t12-,13?/m1/s1. The maximum absolute atomic E-state index is 12.7. The lowest BCUT2D eigenvalue weighted by molar-refractivity contribution is -0.149. The summed E-state index contributed by atoms with van der Waals surface area (Å²) in [4.78, 5) is 25.4. The van der Waals surface area contributed by atoms with Crippen molar-refractivity contribution in [1.29, 1.82) is 0 Å². The molecule has 0 saturated carbocycles. The van der Waals surface area contributed by atoms with Crippen LogP contribution in [0.5, 0.6) is 0 Å². The highest BCUT2D eigenvalue weighted by molar-refractivity contribution is 5.88. The largest absolute Gasteiger partial charge is 0.480 e. The van der Waals surface area contributed by atoms with Gasteiger partial charge in [-0.1, -0.05) is 24.3 Å². The SMILES string of the molecule is O=C(O)[C@H]1CCCN1C(=O)C1NCCc2ccccc21. The highest BCUT2D eigenvalue weighted by Gasteiger charge is 2.38. The number of nitrogens with zero attached hydrogens (tertiary/aromatic N) is 1. The zero-order chi connectivity index (χ0) is 14.1. The van der Waals surface area contributed by atoms with E-state index in [0.29, 0.717) is 13.0 Å². The molecule has 5 heteroatoms. The van der Waals surface area contributed by atoms with Crippen molar-refractivity contribution in [2.45, 2.75) is 31.3 Å². The Bertz CT molecular complexity index is 544. The second kappa shape index (κ2) is 5.25. The topological polar surface area (TPSA) is 69.6 Å². The number of benzene rings is 1. The number of carboxylic acids is 1. The normalized spacial score (nSPS) is 25.3. The van der Waals surface area contributed by atoms with Crippen molar-refractivity contribution in [3.05, 3.63) is 35.4 Å². The molecule has 2 N–H and O–H groups in total. The molecule has 1 aromatic rings. The van der Waals surface area contributed by atoms with Crippen LogP contribution >= 0.6 is 0 Å². The summed E-state index contributed by atoms with van der Waals surface area (Å²) in [5.74, 6) is -1.01. The first-order valence-electron chi connectivity index (χ1n) is 7.03. The van der Waals surface area contributed by atoms with Crippen molar-refractivity contribution in [2.75, 3.05) is 13.1 Å². The van der Waals surface area contributed by atoms with Gasteiger partial charge >= 0.3 is 5.97 Å². The summed E-state index contributed by atoms with van der Waals surface area (Å²) in [6.07, 6.45) is 2.22. The van der Waals surface area contributed by atoms with Crippen LogP contribution in [-0.4, -0.2) is 41.0 Å². The molecular formula is C15H18N2O3. The van der Waals surface area contributed by atoms with E-state index in [4.69, 9.17) is 0 Å². The Balaban J connectivity index is 1.87. The average molecular weight is 274 g/mol. The maximum atomic E-state index is 12.7. The molecule has 1 fully saturated rings. The first-order chi connectivity index (χ1) is 9.68. The zero-order valence-corrected chi connectivity index (χ0v) is 11.2. The van der Waals surface area contributed by atoms with E-state index in [1.54, 1.807) is 0 Å². The smallest absolute Gasteiger partial charge is 0.326 e. The van der Waals surface area contributed by atoms with Crippen molar-refractivity contribution in [3.8, 4) is 0 Å². The van der Waals surface area contributed by atoms with E-state index in [9.17, 15) is 14.7 Å². The van der Waals surface area contributed by atoms with Crippen molar-refractivity contribution in [1.82, 2.24) is 10.2 Å². The third-order valence-electron chi connectivity index (χ3n) is 4.18. The molecule has 1 saturated heterocycles. The van der Waals surface area contributed by atoms with Crippen LogP contribution in [0.3, 0.4) is 0 Å². The molecule has 0 aromatic heterocycles. The van der Waals surface area contributed by atoms with Crippen molar-refractivity contribution < 1.29 is 14.7 Å². The number of carboxylic acid groups (broad SMARTS) is 1. The van der Waals surface area contributed by atoms with E-state index in [-0.39, 0.29) is 5.91 Å². The minimum atomic E-state index is -0.903. The van der Waals surface area contributed by atoms with Gasteiger partial charge in [-0.25, -0.2) is 4.79 Å². The third kappa shape index (κ3) is 2.18. The molecular weight excluding hydrogens is 256 g/mol. The van der Waals surface area contributed by atoms with Crippen LogP contribution < -0.4 is 5.32 Å². The van der Waals surface area contributed by atoms with Gasteiger partial charge in [0, 0.05) is 13.1 Å². The van der Waals surface area contributed by atoms with Crippen LogP contribution in [0.25, 0.3) is 0 Å². The van der Waals surface area contributed by atoms with E-state index in [0.717, 1.165) is 24.9 Å². The second-order valence-electron chi connectivity index (χ2n) is 5.36. The molecule has 2 aliphatic heterocycles. The minimum Gasteiger partial charge on any atom is -0.480 e. The lowest BCUT2D eigenvalue weighted by Crippen LogP contribution is -2.47. The van der Waals surface area contributed by atoms with Gasteiger partial charge in [-0.05, 0) is 30.4 Å². The number of carbonyl (C=O) groups is 2. The lowest BCUT2D eigenvalue weighted by atomic mass is 9.93. The molecule has 2 heterocycles. The summed E-state index contributed by atoms with van der Waals surface area (Å²) < 4.78 is 0. The summed E-state index contributed by atoms with van der Waals surface area (Å²) in [7, 11) is 0. The van der Waals surface area contributed by atoms with Gasteiger partial charge in [-0.2, -0.15) is 0 Å². The Labute approximate surface area is 117 Å². The summed E-state index contributed by atoms with van der Waals surface area (Å²) in [5, 5.41) is 12.4. The number of likely N-dealkylation sites (tertiary alicyclic amines) is 1. The molecule has 1 aromatic carbocycles. The fourth-order valence-electron chi connectivity index (χ4n) is 3.18. The van der Waals surface area contributed by atoms with Crippen molar-refractivity contribution in [3.63, 3.8) is 0 Å². The summed E-state index contributed by atoms with van der Waals surface area (Å²) in [6.45, 7) is 1.29. The number of nitrogens with one attached hydrogen (secondary N) is 1. The van der Waals surface area contributed by atoms with Gasteiger partial charge in [0.2, 0.25) is 5.91 Å². The van der Waals surface area contributed by atoms with Crippen LogP contribution in [0.4, 0.5) is 0 Å². The average Bonchev–Trinajstić information content (AvgIpc) is 2.95. The number of rotatable bonds is 2. The first kappa shape index (κ1) is 13.1. The molecule has 0 aliphatic carbocycles. The fourth-order valence-corrected chi connectivity index (χ4v) is 3.18. The van der Waals surface area contributed by atoms with Gasteiger partial charge in [0.25, 0.3) is 0 Å². The van der Waals surface area contributed by atoms with E-state index in [1.807, 2.05) is 24.3 Å². The molecule has 3 rings (SSSR count). The van der Waals surface area contributed by atoms with Crippen LogP contribution in [0.2, 0.25) is 0 Å². The highest BCUT2D eigenvalue weighted by Crippen LogP contribution is 2.27. The summed E-state index contributed by atoms with van der Waals surface area (Å²) in [5.41, 5.74) is 2.16. The predicted molar refractivity (Wildman–Crippen MR) is 73.3 cm³/mol. The Kier molecular flexibility index (Phi) is 3.44. The molecule has 0 spiro atoms. The number of carbonyl (C=O) groups excluding carboxylic acids is 1. The van der Waals surface area contributed by atoms with Gasteiger partial charge in [-0.3, -0.25) is 4.79 Å². The van der Waals surface area contributed by atoms with Crippen LogP contribution in [0.15, 0.2) is 24.3 Å². The minimum absolute atomic E-state index is 0.109. The van der Waals surface area contributed by atoms with Crippen LogP contribution in [0.1, 0.15) is 30.0 Å². The van der Waals surface area contributed by atoms with Gasteiger partial charge < -0.3 is 15.3 Å². The molecule has 2 atom stereocenters. The Morgan fingerprint density at radius 1 is 1.30 bits per heavy atom. The van der Waals surface area contributed by atoms with Crippen LogP contribution in [-0.2, 0) is 16.0 Å². The van der Waals surface area contributed by atoms with Gasteiger partial charge in [-0.15, -0.1) is 0 Å². The van der Waals surface area contributed by atoms with Gasteiger partial charge in [0.05, 0.1) is 0 Å². The molecule has 2 aliphatic rings. The number of fused-ring (bicyclic) bond motifs is 1. The third-order valence-corrected chi connectivity index (χ3v) is 4.18. The molecule has 5 nitrogen and oxygen atoms in total. The number of amides is 1. The highest BCUT2D eigenvalue weighted by atomic mass is 16.4. The number of hydrogen-bond donors (Lipinski definition) is 2. The molecule has 1 amide bonds. The summed E-state index contributed by atoms with van der Waals surface area (Å²) >= 11 is 0. The second-order valence-corrected chi connectivity index (χ2v) is 5.36. The predicted octanol–water partition coefficient (Wildman–Crippen LogP) is 0.949. The summed E-state index contributed by atoms with van der Waals surface area (Å²) in [6, 6.07) is 6.82. The Morgan fingerprint density at radius 2 is 2.10 bits per heavy atom. The molecule has 106 valence electrons. The quantitative estimate of drug-likeness (QED) is 0.842. The lowest BCUT2D eigenvalue weighted by Gasteiger charge is -2.31. The molecule has 0 radical (unpaired) electrons. The number of aliphatic carboxylic acids is 1. The Morgan fingerprint density at radius 3 is 2.90 bits per heavy atom.